The number of fused-ring (bicyclic) bond motifs is 1. The van der Waals surface area contributed by atoms with Gasteiger partial charge in [-0.3, -0.25) is 4.79 Å². The maximum absolute atomic E-state index is 12.9. The number of carbonyl (C=O) groups excluding carboxylic acids is 1. The Hall–Kier alpha value is -1.10. The van der Waals surface area contributed by atoms with Crippen LogP contribution in [-0.4, -0.2) is 30.6 Å². The third kappa shape index (κ3) is 2.96. The number of aliphatic hydroxyl groups is 1. The van der Waals surface area contributed by atoms with Crippen molar-refractivity contribution in [2.75, 3.05) is 19.6 Å². The first-order chi connectivity index (χ1) is 11.2. The molecule has 4 atom stereocenters. The van der Waals surface area contributed by atoms with Crippen LogP contribution in [0.5, 0.6) is 0 Å². The van der Waals surface area contributed by atoms with Crippen molar-refractivity contribution in [2.45, 2.75) is 31.3 Å². The molecule has 1 unspecified atom stereocenters. The van der Waals surface area contributed by atoms with E-state index in [1.807, 2.05) is 30.3 Å². The van der Waals surface area contributed by atoms with Gasteiger partial charge in [-0.15, -0.1) is 12.4 Å². The molecular weight excluding hydrogens is 324 g/mol. The summed E-state index contributed by atoms with van der Waals surface area (Å²) in [5.74, 6) is 1.89. The Labute approximate surface area is 149 Å². The van der Waals surface area contributed by atoms with E-state index in [2.05, 4.69) is 10.6 Å². The van der Waals surface area contributed by atoms with Gasteiger partial charge in [0.1, 0.15) is 0 Å². The van der Waals surface area contributed by atoms with Gasteiger partial charge in [0.2, 0.25) is 0 Å². The molecule has 1 aliphatic heterocycles. The van der Waals surface area contributed by atoms with E-state index >= 15 is 0 Å². The molecule has 2 aliphatic carbocycles. The molecule has 3 fully saturated rings. The fourth-order valence-corrected chi connectivity index (χ4v) is 4.78. The number of halogens is 1. The van der Waals surface area contributed by atoms with Gasteiger partial charge >= 0.3 is 0 Å². The van der Waals surface area contributed by atoms with Gasteiger partial charge in [0.05, 0.1) is 0 Å². The molecule has 0 bridgehead atoms. The second-order valence-electron chi connectivity index (χ2n) is 7.47. The van der Waals surface area contributed by atoms with Crippen LogP contribution in [0, 0.1) is 23.7 Å². The molecule has 1 aromatic rings. The van der Waals surface area contributed by atoms with Crippen LogP contribution in [0.1, 0.15) is 31.2 Å². The smallest absolute Gasteiger partial charge is 0.256 e. The molecule has 4 nitrogen and oxygen atoms in total. The number of hydrogen-bond acceptors (Lipinski definition) is 3. The third-order valence-electron chi connectivity index (χ3n) is 6.27. The highest BCUT2D eigenvalue weighted by atomic mass is 35.5. The Kier molecular flexibility index (Phi) is 5.19. The van der Waals surface area contributed by atoms with Gasteiger partial charge in [0, 0.05) is 12.5 Å². The van der Waals surface area contributed by atoms with E-state index in [-0.39, 0.29) is 24.2 Å². The van der Waals surface area contributed by atoms with Crippen LogP contribution in [0.3, 0.4) is 0 Å². The highest BCUT2D eigenvalue weighted by Crippen LogP contribution is 2.48. The summed E-state index contributed by atoms with van der Waals surface area (Å²) < 4.78 is 0. The minimum atomic E-state index is -1.37. The monoisotopic (exact) mass is 350 g/mol. The molecule has 1 aromatic carbocycles. The summed E-state index contributed by atoms with van der Waals surface area (Å²) in [4.78, 5) is 12.9. The maximum Gasteiger partial charge on any atom is 0.256 e. The summed E-state index contributed by atoms with van der Waals surface area (Å²) in [6.45, 7) is 2.87. The van der Waals surface area contributed by atoms with E-state index in [1.165, 1.54) is 0 Å². The third-order valence-corrected chi connectivity index (χ3v) is 6.27. The average Bonchev–Trinajstić information content (AvgIpc) is 3.02. The van der Waals surface area contributed by atoms with E-state index in [0.717, 1.165) is 56.2 Å². The molecule has 4 rings (SSSR count). The second-order valence-corrected chi connectivity index (χ2v) is 7.47. The van der Waals surface area contributed by atoms with Crippen LogP contribution in [0.2, 0.25) is 0 Å². The Morgan fingerprint density at radius 1 is 1.17 bits per heavy atom. The minimum absolute atomic E-state index is 0. The Bertz CT molecular complexity index is 566. The molecule has 132 valence electrons. The van der Waals surface area contributed by atoms with Crippen molar-refractivity contribution >= 4 is 18.3 Å². The van der Waals surface area contributed by atoms with E-state index in [4.69, 9.17) is 0 Å². The molecule has 1 heterocycles. The lowest BCUT2D eigenvalue weighted by atomic mass is 9.79. The molecule has 3 aliphatic rings. The fourth-order valence-electron chi connectivity index (χ4n) is 4.78. The van der Waals surface area contributed by atoms with E-state index in [1.54, 1.807) is 0 Å². The summed E-state index contributed by atoms with van der Waals surface area (Å²) in [7, 11) is 0. The molecule has 3 N–H and O–H groups in total. The molecule has 0 spiro atoms. The zero-order valence-corrected chi connectivity index (χ0v) is 14.7. The van der Waals surface area contributed by atoms with Crippen LogP contribution in [0.4, 0.5) is 0 Å². The van der Waals surface area contributed by atoms with Crippen LogP contribution in [0.25, 0.3) is 0 Å². The lowest BCUT2D eigenvalue weighted by Crippen LogP contribution is -2.49. The van der Waals surface area contributed by atoms with Crippen LogP contribution in [-0.2, 0) is 10.4 Å². The average molecular weight is 351 g/mol. The summed E-state index contributed by atoms with van der Waals surface area (Å²) in [6, 6.07) is 9.50. The Balaban J connectivity index is 0.00000169. The van der Waals surface area contributed by atoms with Crippen molar-refractivity contribution in [1.29, 1.82) is 0 Å². The molecule has 0 aromatic heterocycles. The predicted molar refractivity (Wildman–Crippen MR) is 95.9 cm³/mol. The standard InChI is InChI=1S/C19H26N2O2.ClH/c22-18(21-12-17-15-10-20-11-16(15)17)19(23,14-8-4-5-9-14)13-6-2-1-3-7-13;/h1-3,6-7,14-17,20,23H,4-5,8-12H2,(H,21,22);1H/t15-,16+,17?,19-;/m1./s1. The first-order valence-electron chi connectivity index (χ1n) is 8.98. The molecule has 1 saturated heterocycles. The van der Waals surface area contributed by atoms with E-state index in [0.29, 0.717) is 12.5 Å². The number of benzene rings is 1. The van der Waals surface area contributed by atoms with Crippen molar-refractivity contribution in [2.24, 2.45) is 23.7 Å². The Morgan fingerprint density at radius 2 is 1.79 bits per heavy atom. The van der Waals surface area contributed by atoms with Crippen LogP contribution < -0.4 is 10.6 Å². The molecule has 24 heavy (non-hydrogen) atoms. The van der Waals surface area contributed by atoms with Crippen molar-refractivity contribution in [3.63, 3.8) is 0 Å². The van der Waals surface area contributed by atoms with Gasteiger partial charge in [-0.2, -0.15) is 0 Å². The number of carbonyl (C=O) groups is 1. The van der Waals surface area contributed by atoms with Crippen LogP contribution in [0.15, 0.2) is 30.3 Å². The van der Waals surface area contributed by atoms with Crippen molar-refractivity contribution < 1.29 is 9.90 Å². The second kappa shape index (κ2) is 7.03. The number of amides is 1. The molecule has 2 saturated carbocycles. The van der Waals surface area contributed by atoms with Gasteiger partial charge in [-0.05, 0) is 49.2 Å². The lowest BCUT2D eigenvalue weighted by Gasteiger charge is -2.33. The number of piperidine rings is 1. The van der Waals surface area contributed by atoms with Gasteiger partial charge < -0.3 is 15.7 Å². The van der Waals surface area contributed by atoms with Crippen molar-refractivity contribution in [1.82, 2.24) is 10.6 Å². The minimum Gasteiger partial charge on any atom is -0.375 e. The number of nitrogens with one attached hydrogen (secondary N) is 2. The van der Waals surface area contributed by atoms with E-state index in [9.17, 15) is 9.90 Å². The number of hydrogen-bond donors (Lipinski definition) is 3. The molecule has 0 radical (unpaired) electrons. The summed E-state index contributed by atoms with van der Waals surface area (Å²) in [6.07, 6.45) is 4.06. The highest BCUT2D eigenvalue weighted by Gasteiger charge is 2.53. The van der Waals surface area contributed by atoms with Gasteiger partial charge in [-0.25, -0.2) is 0 Å². The number of rotatable bonds is 5. The topological polar surface area (TPSA) is 61.4 Å². The highest BCUT2D eigenvalue weighted by molar-refractivity contribution is 5.86. The molecular formula is C19H27ClN2O2. The normalized spacial score (nSPS) is 31.0. The quantitative estimate of drug-likeness (QED) is 0.761. The van der Waals surface area contributed by atoms with E-state index < -0.39 is 5.60 Å². The summed E-state index contributed by atoms with van der Waals surface area (Å²) in [5, 5.41) is 17.8. The summed E-state index contributed by atoms with van der Waals surface area (Å²) in [5.41, 5.74) is -0.637. The summed E-state index contributed by atoms with van der Waals surface area (Å²) >= 11 is 0. The zero-order valence-electron chi connectivity index (χ0n) is 13.9. The first-order valence-corrected chi connectivity index (χ1v) is 8.98. The van der Waals surface area contributed by atoms with Crippen LogP contribution >= 0.6 is 12.4 Å². The van der Waals surface area contributed by atoms with Gasteiger partial charge in [0.25, 0.3) is 5.91 Å². The first kappa shape index (κ1) is 17.7. The molecule has 5 heteroatoms. The SMILES string of the molecule is Cl.O=C(NCC1[C@H]2CNC[C@@H]12)[C@@](O)(c1ccccc1)C1CCCC1. The predicted octanol–water partition coefficient (Wildman–Crippen LogP) is 2.07. The van der Waals surface area contributed by atoms with Gasteiger partial charge in [0.15, 0.2) is 5.60 Å². The van der Waals surface area contributed by atoms with Crippen molar-refractivity contribution in [3.05, 3.63) is 35.9 Å². The molecule has 1 amide bonds. The zero-order chi connectivity index (χ0) is 15.9. The van der Waals surface area contributed by atoms with Gasteiger partial charge in [-0.1, -0.05) is 43.2 Å². The maximum atomic E-state index is 12.9. The van der Waals surface area contributed by atoms with Crippen molar-refractivity contribution in [3.8, 4) is 0 Å². The lowest BCUT2D eigenvalue weighted by molar-refractivity contribution is -0.147. The fraction of sp³-hybridized carbons (Fsp3) is 0.632. The Morgan fingerprint density at radius 3 is 2.42 bits per heavy atom. The largest absolute Gasteiger partial charge is 0.375 e.